The van der Waals surface area contributed by atoms with Crippen molar-refractivity contribution in [3.05, 3.63) is 107 Å². The van der Waals surface area contributed by atoms with E-state index in [1.54, 1.807) is 56.4 Å². The molecule has 4 aromatic rings. The molecule has 4 aromatic carbocycles. The zero-order valence-corrected chi connectivity index (χ0v) is 34.5. The molecular formula is C48H56N2O8. The quantitative estimate of drug-likeness (QED) is 0.0959. The largest absolute Gasteiger partial charge is 0.507 e. The Morgan fingerprint density at radius 2 is 1.55 bits per heavy atom. The fourth-order valence-electron chi connectivity index (χ4n) is 7.47. The molecule has 1 aliphatic rings. The first-order chi connectivity index (χ1) is 27.9. The van der Waals surface area contributed by atoms with Gasteiger partial charge in [0.1, 0.15) is 23.6 Å². The summed E-state index contributed by atoms with van der Waals surface area (Å²) in [6.07, 6.45) is 4.17. The number of amides is 2. The number of nitrogens with one attached hydrogen (secondary N) is 1. The molecule has 10 nitrogen and oxygen atoms in total. The number of methoxy groups -OCH3 is 1. The average molecular weight is 789 g/mol. The summed E-state index contributed by atoms with van der Waals surface area (Å²) in [5.41, 5.74) is 5.81. The summed E-state index contributed by atoms with van der Waals surface area (Å²) in [5, 5.41) is 13.9. The Hall–Kier alpha value is -5.77. The van der Waals surface area contributed by atoms with Crippen molar-refractivity contribution in [2.45, 2.75) is 91.1 Å². The van der Waals surface area contributed by atoms with Crippen LogP contribution < -0.4 is 10.1 Å². The summed E-state index contributed by atoms with van der Waals surface area (Å²) < 4.78 is 11.1. The van der Waals surface area contributed by atoms with E-state index in [-0.39, 0.29) is 30.8 Å². The Labute approximate surface area is 341 Å². The first kappa shape index (κ1) is 43.4. The first-order valence-corrected chi connectivity index (χ1v) is 20.4. The molecule has 2 N–H and O–H groups in total. The van der Waals surface area contributed by atoms with Crippen LogP contribution in [0.5, 0.6) is 11.5 Å². The summed E-state index contributed by atoms with van der Waals surface area (Å²) in [6.45, 7) is 7.98. The van der Waals surface area contributed by atoms with E-state index in [1.807, 2.05) is 26.0 Å². The number of nitrogens with zero attached hydrogens (tertiary/aromatic N) is 1. The molecule has 4 atom stereocenters. The van der Waals surface area contributed by atoms with E-state index in [0.29, 0.717) is 46.6 Å². The number of hydrogen-bond donors (Lipinski definition) is 2. The zero-order valence-electron chi connectivity index (χ0n) is 34.5. The SMILES string of the molecule is CCCCc1ccc(-c2ccc(C(=O)C[C@@H](CC)C(=O)N(C)[C@@H]3C(=O)C[C@@H](C)C(=O)N[C@H](C(=O)OC)Cc4ccc(O)c(c4)-c4cc3ccc4OCCC)cc2)cc1. The second kappa shape index (κ2) is 20.1. The van der Waals surface area contributed by atoms with Crippen LogP contribution in [0.4, 0.5) is 0 Å². The van der Waals surface area contributed by atoms with Gasteiger partial charge >= 0.3 is 5.97 Å². The molecule has 10 heteroatoms. The lowest BCUT2D eigenvalue weighted by Gasteiger charge is -2.32. The fourth-order valence-corrected chi connectivity index (χ4v) is 7.47. The van der Waals surface area contributed by atoms with Gasteiger partial charge in [0.15, 0.2) is 11.6 Å². The van der Waals surface area contributed by atoms with E-state index in [1.165, 1.54) is 23.6 Å². The normalized spacial score (nSPS) is 17.4. The maximum absolute atomic E-state index is 14.4. The summed E-state index contributed by atoms with van der Waals surface area (Å²) in [6, 6.07) is 23.7. The maximum Gasteiger partial charge on any atom is 0.328 e. The number of phenolic OH excluding ortho intramolecular Hbond substituents is 1. The third-order valence-corrected chi connectivity index (χ3v) is 11.0. The molecule has 0 radical (unpaired) electrons. The molecule has 2 amide bonds. The van der Waals surface area contributed by atoms with Gasteiger partial charge in [0, 0.05) is 54.8 Å². The van der Waals surface area contributed by atoms with Crippen LogP contribution in [0.25, 0.3) is 22.3 Å². The van der Waals surface area contributed by atoms with Crippen molar-refractivity contribution in [3.8, 4) is 33.8 Å². The molecule has 0 saturated heterocycles. The van der Waals surface area contributed by atoms with Gasteiger partial charge in [-0.1, -0.05) is 94.8 Å². The second-order valence-corrected chi connectivity index (χ2v) is 15.3. The Morgan fingerprint density at radius 1 is 0.862 bits per heavy atom. The van der Waals surface area contributed by atoms with Crippen molar-refractivity contribution in [1.82, 2.24) is 10.2 Å². The predicted molar refractivity (Wildman–Crippen MR) is 224 cm³/mol. The minimum Gasteiger partial charge on any atom is -0.507 e. The van der Waals surface area contributed by atoms with Crippen molar-refractivity contribution in [1.29, 1.82) is 0 Å². The van der Waals surface area contributed by atoms with Crippen LogP contribution in [0.2, 0.25) is 0 Å². The fraction of sp³-hybridized carbons (Fsp3) is 0.396. The maximum atomic E-state index is 14.4. The Bertz CT molecular complexity index is 2090. The molecule has 4 bridgehead atoms. The van der Waals surface area contributed by atoms with Crippen LogP contribution in [0.15, 0.2) is 84.9 Å². The van der Waals surface area contributed by atoms with E-state index >= 15 is 0 Å². The van der Waals surface area contributed by atoms with Gasteiger partial charge in [0.05, 0.1) is 13.7 Å². The summed E-state index contributed by atoms with van der Waals surface area (Å²) >= 11 is 0. The lowest BCUT2D eigenvalue weighted by atomic mass is 9.88. The van der Waals surface area contributed by atoms with Crippen molar-refractivity contribution < 1.29 is 38.6 Å². The topological polar surface area (TPSA) is 139 Å². The molecule has 306 valence electrons. The predicted octanol–water partition coefficient (Wildman–Crippen LogP) is 8.47. The van der Waals surface area contributed by atoms with Gasteiger partial charge in [0.25, 0.3) is 0 Å². The number of benzene rings is 4. The Balaban J connectivity index is 1.47. The van der Waals surface area contributed by atoms with Gasteiger partial charge in [-0.3, -0.25) is 19.2 Å². The number of likely N-dealkylation sites (N-methyl/N-ethyl adjacent to an activating group) is 1. The highest BCUT2D eigenvalue weighted by molar-refractivity contribution is 6.00. The Kier molecular flexibility index (Phi) is 15.0. The number of carbonyl (C=O) groups is 5. The highest BCUT2D eigenvalue weighted by Gasteiger charge is 2.36. The summed E-state index contributed by atoms with van der Waals surface area (Å²) in [7, 11) is 2.78. The average Bonchev–Trinajstić information content (AvgIpc) is 3.23. The van der Waals surface area contributed by atoms with Gasteiger partial charge in [-0.15, -0.1) is 0 Å². The zero-order chi connectivity index (χ0) is 41.9. The van der Waals surface area contributed by atoms with E-state index in [2.05, 4.69) is 36.5 Å². The molecule has 0 unspecified atom stereocenters. The number of aryl methyl sites for hydroxylation is 1. The smallest absolute Gasteiger partial charge is 0.328 e. The van der Waals surface area contributed by atoms with Crippen LogP contribution in [-0.2, 0) is 36.8 Å². The molecule has 5 rings (SSSR count). The van der Waals surface area contributed by atoms with E-state index in [0.717, 1.165) is 36.8 Å². The second-order valence-electron chi connectivity index (χ2n) is 15.3. The number of esters is 1. The molecule has 1 heterocycles. The van der Waals surface area contributed by atoms with E-state index in [9.17, 15) is 29.1 Å². The van der Waals surface area contributed by atoms with Gasteiger partial charge in [-0.25, -0.2) is 4.79 Å². The van der Waals surface area contributed by atoms with Crippen molar-refractivity contribution in [3.63, 3.8) is 0 Å². The highest BCUT2D eigenvalue weighted by atomic mass is 16.5. The number of Topliss-reactive ketones (excluding diaryl/α,β-unsaturated/α-hetero) is 2. The molecule has 0 spiro atoms. The summed E-state index contributed by atoms with van der Waals surface area (Å²) in [4.78, 5) is 70.2. The van der Waals surface area contributed by atoms with Crippen molar-refractivity contribution in [2.75, 3.05) is 20.8 Å². The Morgan fingerprint density at radius 3 is 2.19 bits per heavy atom. The van der Waals surface area contributed by atoms with Gasteiger partial charge in [-0.2, -0.15) is 0 Å². The number of phenols is 1. The summed E-state index contributed by atoms with van der Waals surface area (Å²) in [5.74, 6) is -3.37. The van der Waals surface area contributed by atoms with Gasteiger partial charge < -0.3 is 24.8 Å². The first-order valence-electron chi connectivity index (χ1n) is 20.4. The molecule has 1 aliphatic heterocycles. The number of ketones is 2. The highest BCUT2D eigenvalue weighted by Crippen LogP contribution is 2.40. The van der Waals surface area contributed by atoms with Crippen molar-refractivity contribution >= 4 is 29.4 Å². The third-order valence-electron chi connectivity index (χ3n) is 11.0. The molecule has 0 fully saturated rings. The van der Waals surface area contributed by atoms with Crippen LogP contribution >= 0.6 is 0 Å². The van der Waals surface area contributed by atoms with Crippen molar-refractivity contribution in [2.24, 2.45) is 11.8 Å². The lowest BCUT2D eigenvalue weighted by Crippen LogP contribution is -2.46. The minimum atomic E-state index is -1.15. The number of aromatic hydroxyl groups is 1. The van der Waals surface area contributed by atoms with Crippen LogP contribution in [0.1, 0.15) is 99.3 Å². The van der Waals surface area contributed by atoms with Crippen LogP contribution in [-0.4, -0.2) is 66.2 Å². The third kappa shape index (κ3) is 10.4. The van der Waals surface area contributed by atoms with Crippen LogP contribution in [0.3, 0.4) is 0 Å². The standard InChI is InChI=1S/C48H56N2O8/c1-7-10-11-31-12-15-34(16-13-31)35-17-19-36(20-18-35)42(52)29-33(9-3)47(55)50(5)45-37-21-23-44(58-24-8-2)39(28-37)38-26-32(14-22-41(38)51)27-40(48(56)57-6)49-46(54)30(4)25-43(45)53/h12-23,26,28,30,33,40,45,51H,7-11,24-25,27,29H2,1-6H3,(H,49,54)/t30-,33-,40+,45+/m1/s1. The monoisotopic (exact) mass is 788 g/mol. The molecule has 0 saturated carbocycles. The molecular weight excluding hydrogens is 733 g/mol. The number of fused-ring (bicyclic) bond motifs is 5. The van der Waals surface area contributed by atoms with E-state index < -0.39 is 47.5 Å². The lowest BCUT2D eigenvalue weighted by molar-refractivity contribution is -0.146. The number of unbranched alkanes of at least 4 members (excludes halogenated alkanes) is 1. The van der Waals surface area contributed by atoms with Crippen LogP contribution in [0, 0.1) is 11.8 Å². The number of rotatable bonds is 14. The molecule has 0 aliphatic carbocycles. The van der Waals surface area contributed by atoms with Gasteiger partial charge in [-0.05, 0) is 77.8 Å². The molecule has 58 heavy (non-hydrogen) atoms. The number of carbonyl (C=O) groups excluding carboxylic acids is 5. The minimum absolute atomic E-state index is 0.0600. The molecule has 0 aromatic heterocycles. The number of ether oxygens (including phenoxy) is 2. The van der Waals surface area contributed by atoms with Gasteiger partial charge in [0.2, 0.25) is 11.8 Å². The number of hydrogen-bond acceptors (Lipinski definition) is 8. The van der Waals surface area contributed by atoms with E-state index in [4.69, 9.17) is 9.47 Å².